The summed E-state index contributed by atoms with van der Waals surface area (Å²) in [7, 11) is 0. The topological polar surface area (TPSA) is 9.23 Å². The summed E-state index contributed by atoms with van der Waals surface area (Å²) >= 11 is 0. The minimum atomic E-state index is 0.401. The standard InChI is InChI=1S/C12H24O/c1-9(2)5-8-12(11-6-7-11)13-10(3)4/h9-12H,5-8H2,1-4H3/t12-/m1/s1. The normalized spacial score (nSPS) is 19.8. The molecule has 0 N–H and O–H groups in total. The molecule has 1 aliphatic carbocycles. The van der Waals surface area contributed by atoms with Crippen LogP contribution in [-0.2, 0) is 4.74 Å². The molecule has 0 heterocycles. The highest BCUT2D eigenvalue weighted by Gasteiger charge is 2.32. The molecule has 1 fully saturated rings. The largest absolute Gasteiger partial charge is 0.375 e. The van der Waals surface area contributed by atoms with Gasteiger partial charge >= 0.3 is 0 Å². The number of hydrogen-bond acceptors (Lipinski definition) is 1. The molecule has 1 saturated carbocycles. The lowest BCUT2D eigenvalue weighted by atomic mass is 10.0. The molecule has 1 aliphatic rings. The van der Waals surface area contributed by atoms with Gasteiger partial charge in [-0.15, -0.1) is 0 Å². The van der Waals surface area contributed by atoms with Crippen molar-refractivity contribution in [2.45, 2.75) is 65.6 Å². The molecule has 1 atom stereocenters. The van der Waals surface area contributed by atoms with Gasteiger partial charge in [0.25, 0.3) is 0 Å². The van der Waals surface area contributed by atoms with Crippen molar-refractivity contribution in [2.75, 3.05) is 0 Å². The summed E-state index contributed by atoms with van der Waals surface area (Å²) in [5, 5.41) is 0. The van der Waals surface area contributed by atoms with Gasteiger partial charge in [-0.25, -0.2) is 0 Å². The van der Waals surface area contributed by atoms with Gasteiger partial charge < -0.3 is 4.74 Å². The van der Waals surface area contributed by atoms with Crippen LogP contribution in [0.15, 0.2) is 0 Å². The smallest absolute Gasteiger partial charge is 0.0606 e. The SMILES string of the molecule is CC(C)CC[C@@H](OC(C)C)C1CC1. The molecule has 0 saturated heterocycles. The Hall–Kier alpha value is -0.0400. The lowest BCUT2D eigenvalue weighted by Gasteiger charge is -2.20. The average molecular weight is 184 g/mol. The fourth-order valence-electron chi connectivity index (χ4n) is 1.73. The Balaban J connectivity index is 2.21. The van der Waals surface area contributed by atoms with E-state index in [1.165, 1.54) is 25.7 Å². The molecule has 0 amide bonds. The van der Waals surface area contributed by atoms with E-state index in [-0.39, 0.29) is 0 Å². The lowest BCUT2D eigenvalue weighted by molar-refractivity contribution is -0.0120. The Morgan fingerprint density at radius 3 is 2.08 bits per heavy atom. The van der Waals surface area contributed by atoms with Crippen molar-refractivity contribution in [3.8, 4) is 0 Å². The van der Waals surface area contributed by atoms with Gasteiger partial charge in [-0.1, -0.05) is 13.8 Å². The number of rotatable bonds is 6. The molecule has 0 spiro atoms. The van der Waals surface area contributed by atoms with Gasteiger partial charge in [0.05, 0.1) is 12.2 Å². The molecule has 13 heavy (non-hydrogen) atoms. The van der Waals surface area contributed by atoms with Crippen LogP contribution in [0.5, 0.6) is 0 Å². The average Bonchev–Trinajstić information content (AvgIpc) is 2.78. The molecule has 0 radical (unpaired) electrons. The maximum absolute atomic E-state index is 5.92. The van der Waals surface area contributed by atoms with Crippen LogP contribution < -0.4 is 0 Å². The fourth-order valence-corrected chi connectivity index (χ4v) is 1.73. The highest BCUT2D eigenvalue weighted by atomic mass is 16.5. The summed E-state index contributed by atoms with van der Waals surface area (Å²) in [6.45, 7) is 8.87. The maximum atomic E-state index is 5.92. The van der Waals surface area contributed by atoms with Crippen LogP contribution in [0.4, 0.5) is 0 Å². The van der Waals surface area contributed by atoms with Gasteiger partial charge in [-0.05, 0) is 51.4 Å². The van der Waals surface area contributed by atoms with E-state index < -0.39 is 0 Å². The highest BCUT2D eigenvalue weighted by molar-refractivity contribution is 4.82. The molecular formula is C12H24O. The van der Waals surface area contributed by atoms with E-state index in [9.17, 15) is 0 Å². The predicted molar refractivity (Wildman–Crippen MR) is 56.8 cm³/mol. The molecule has 1 nitrogen and oxygen atoms in total. The third kappa shape index (κ3) is 4.66. The molecule has 0 aromatic carbocycles. The van der Waals surface area contributed by atoms with Crippen molar-refractivity contribution in [1.29, 1.82) is 0 Å². The second kappa shape index (κ2) is 4.99. The third-order valence-electron chi connectivity index (χ3n) is 2.62. The third-order valence-corrected chi connectivity index (χ3v) is 2.62. The molecule has 0 aromatic heterocycles. The minimum absolute atomic E-state index is 0.401. The van der Waals surface area contributed by atoms with E-state index >= 15 is 0 Å². The van der Waals surface area contributed by atoms with E-state index in [0.717, 1.165) is 11.8 Å². The molecule has 1 heteroatoms. The Morgan fingerprint density at radius 2 is 1.69 bits per heavy atom. The van der Waals surface area contributed by atoms with Crippen LogP contribution in [-0.4, -0.2) is 12.2 Å². The van der Waals surface area contributed by atoms with Crippen molar-refractivity contribution in [1.82, 2.24) is 0 Å². The minimum Gasteiger partial charge on any atom is -0.375 e. The van der Waals surface area contributed by atoms with Crippen molar-refractivity contribution in [2.24, 2.45) is 11.8 Å². The Bertz CT molecular complexity index is 136. The van der Waals surface area contributed by atoms with Gasteiger partial charge in [-0.3, -0.25) is 0 Å². The predicted octanol–water partition coefficient (Wildman–Crippen LogP) is 3.63. The van der Waals surface area contributed by atoms with Crippen LogP contribution in [0.2, 0.25) is 0 Å². The zero-order valence-electron chi connectivity index (χ0n) is 9.55. The second-order valence-electron chi connectivity index (χ2n) is 5.03. The summed E-state index contributed by atoms with van der Waals surface area (Å²) < 4.78 is 5.92. The molecule has 0 unspecified atom stereocenters. The molecule has 78 valence electrons. The Labute approximate surface area is 82.9 Å². The first-order chi connectivity index (χ1) is 6.09. The lowest BCUT2D eigenvalue weighted by Crippen LogP contribution is -2.20. The zero-order valence-corrected chi connectivity index (χ0v) is 9.55. The van der Waals surface area contributed by atoms with Crippen molar-refractivity contribution >= 4 is 0 Å². The first kappa shape index (κ1) is 11.0. The number of ether oxygens (including phenoxy) is 1. The van der Waals surface area contributed by atoms with Gasteiger partial charge in [0.1, 0.15) is 0 Å². The number of hydrogen-bond donors (Lipinski definition) is 0. The Morgan fingerprint density at radius 1 is 1.08 bits per heavy atom. The van der Waals surface area contributed by atoms with E-state index in [1.54, 1.807) is 0 Å². The van der Waals surface area contributed by atoms with E-state index in [1.807, 2.05) is 0 Å². The molecule has 0 aliphatic heterocycles. The van der Waals surface area contributed by atoms with Crippen molar-refractivity contribution < 1.29 is 4.74 Å². The van der Waals surface area contributed by atoms with E-state index in [4.69, 9.17) is 4.74 Å². The molecular weight excluding hydrogens is 160 g/mol. The summed E-state index contributed by atoms with van der Waals surface area (Å²) in [4.78, 5) is 0. The summed E-state index contributed by atoms with van der Waals surface area (Å²) in [5.41, 5.74) is 0. The summed E-state index contributed by atoms with van der Waals surface area (Å²) in [6, 6.07) is 0. The zero-order chi connectivity index (χ0) is 9.84. The van der Waals surface area contributed by atoms with E-state index in [0.29, 0.717) is 12.2 Å². The summed E-state index contributed by atoms with van der Waals surface area (Å²) in [5.74, 6) is 1.71. The van der Waals surface area contributed by atoms with Gasteiger partial charge in [0.2, 0.25) is 0 Å². The fraction of sp³-hybridized carbons (Fsp3) is 1.00. The van der Waals surface area contributed by atoms with Gasteiger partial charge in [-0.2, -0.15) is 0 Å². The van der Waals surface area contributed by atoms with Gasteiger partial charge in [0, 0.05) is 0 Å². The van der Waals surface area contributed by atoms with Gasteiger partial charge in [0.15, 0.2) is 0 Å². The quantitative estimate of drug-likeness (QED) is 0.612. The molecule has 1 rings (SSSR count). The van der Waals surface area contributed by atoms with Crippen LogP contribution in [0.25, 0.3) is 0 Å². The highest BCUT2D eigenvalue weighted by Crippen LogP contribution is 2.37. The second-order valence-corrected chi connectivity index (χ2v) is 5.03. The van der Waals surface area contributed by atoms with Crippen LogP contribution >= 0.6 is 0 Å². The van der Waals surface area contributed by atoms with Crippen LogP contribution in [0.3, 0.4) is 0 Å². The van der Waals surface area contributed by atoms with E-state index in [2.05, 4.69) is 27.7 Å². The Kier molecular flexibility index (Phi) is 4.24. The molecule has 0 bridgehead atoms. The maximum Gasteiger partial charge on any atom is 0.0606 e. The first-order valence-corrected chi connectivity index (χ1v) is 5.75. The van der Waals surface area contributed by atoms with Crippen LogP contribution in [0, 0.1) is 11.8 Å². The first-order valence-electron chi connectivity index (χ1n) is 5.75. The van der Waals surface area contributed by atoms with Crippen molar-refractivity contribution in [3.05, 3.63) is 0 Å². The summed E-state index contributed by atoms with van der Waals surface area (Å²) in [6.07, 6.45) is 6.33. The monoisotopic (exact) mass is 184 g/mol. The molecule has 0 aromatic rings. The van der Waals surface area contributed by atoms with Crippen LogP contribution in [0.1, 0.15) is 53.4 Å². The van der Waals surface area contributed by atoms with Crippen molar-refractivity contribution in [3.63, 3.8) is 0 Å².